The molecule has 0 aliphatic carbocycles. The Labute approximate surface area is 94.8 Å². The van der Waals surface area contributed by atoms with Crippen molar-refractivity contribution in [1.82, 2.24) is 10.2 Å². The fraction of sp³-hybridized carbons (Fsp3) is 0.231. The lowest BCUT2D eigenvalue weighted by molar-refractivity contribution is 0.272. The van der Waals surface area contributed by atoms with Crippen LogP contribution in [0.5, 0.6) is 0 Å². The number of rotatable bonds is 3. The average molecular weight is 214 g/mol. The van der Waals surface area contributed by atoms with Crippen LogP contribution in [0.4, 0.5) is 0 Å². The molecule has 1 aromatic heterocycles. The summed E-state index contributed by atoms with van der Waals surface area (Å²) in [4.78, 5) is 0. The minimum atomic E-state index is 0.689. The molecule has 0 bridgehead atoms. The van der Waals surface area contributed by atoms with Gasteiger partial charge < -0.3 is 4.74 Å². The van der Waals surface area contributed by atoms with Gasteiger partial charge in [-0.1, -0.05) is 6.07 Å². The second kappa shape index (κ2) is 4.75. The molecular formula is C13H14N2O. The normalized spacial score (nSPS) is 11.1. The molecule has 0 N–H and O–H groups in total. The summed E-state index contributed by atoms with van der Waals surface area (Å²) in [6.07, 6.45) is 3.65. The lowest BCUT2D eigenvalue weighted by atomic mass is 10.1. The van der Waals surface area contributed by atoms with Crippen molar-refractivity contribution in [3.05, 3.63) is 41.8 Å². The number of benzene rings is 1. The van der Waals surface area contributed by atoms with Crippen LogP contribution in [0.3, 0.4) is 0 Å². The Morgan fingerprint density at radius 2 is 2.12 bits per heavy atom. The zero-order valence-corrected chi connectivity index (χ0v) is 9.47. The Morgan fingerprint density at radius 1 is 1.25 bits per heavy atom. The molecule has 3 heteroatoms. The second-order valence-corrected chi connectivity index (χ2v) is 3.56. The van der Waals surface area contributed by atoms with Crippen molar-refractivity contribution < 1.29 is 4.74 Å². The van der Waals surface area contributed by atoms with E-state index < -0.39 is 0 Å². The summed E-state index contributed by atoms with van der Waals surface area (Å²) in [5.41, 5.74) is 2.95. The molecule has 0 aliphatic heterocycles. The summed E-state index contributed by atoms with van der Waals surface area (Å²) in [6.45, 7) is 4.59. The third kappa shape index (κ3) is 2.37. The number of hydrogen-bond acceptors (Lipinski definition) is 3. The molecule has 3 nitrogen and oxygen atoms in total. The van der Waals surface area contributed by atoms with Crippen molar-refractivity contribution in [3.63, 3.8) is 0 Å². The van der Waals surface area contributed by atoms with Gasteiger partial charge in [0.1, 0.15) is 0 Å². The fourth-order valence-electron chi connectivity index (χ4n) is 1.49. The highest BCUT2D eigenvalue weighted by Gasteiger charge is 1.97. The van der Waals surface area contributed by atoms with E-state index in [1.165, 1.54) is 0 Å². The van der Waals surface area contributed by atoms with Crippen LogP contribution < -0.4 is 0 Å². The van der Waals surface area contributed by atoms with Gasteiger partial charge in [-0.3, -0.25) is 0 Å². The topological polar surface area (TPSA) is 35.0 Å². The molecule has 82 valence electrons. The molecular weight excluding hydrogens is 200 g/mol. The van der Waals surface area contributed by atoms with Gasteiger partial charge in [-0.25, -0.2) is 0 Å². The maximum absolute atomic E-state index is 5.16. The average Bonchev–Trinajstić information content (AvgIpc) is 2.29. The predicted octanol–water partition coefficient (Wildman–Crippen LogP) is 2.95. The molecule has 1 aromatic carbocycles. The first-order valence-corrected chi connectivity index (χ1v) is 5.32. The first kappa shape index (κ1) is 10.6. The summed E-state index contributed by atoms with van der Waals surface area (Å²) >= 11 is 0. The number of aromatic nitrogens is 2. The van der Waals surface area contributed by atoms with E-state index in [0.29, 0.717) is 6.61 Å². The Kier molecular flexibility index (Phi) is 3.15. The Morgan fingerprint density at radius 3 is 2.94 bits per heavy atom. The van der Waals surface area contributed by atoms with Crippen LogP contribution in [-0.4, -0.2) is 16.8 Å². The van der Waals surface area contributed by atoms with Gasteiger partial charge in [-0.05, 0) is 43.7 Å². The van der Waals surface area contributed by atoms with E-state index in [1.807, 2.05) is 38.1 Å². The highest BCUT2D eigenvalue weighted by atomic mass is 16.5. The van der Waals surface area contributed by atoms with Gasteiger partial charge in [0.25, 0.3) is 0 Å². The lowest BCUT2D eigenvalue weighted by Crippen LogP contribution is -1.87. The summed E-state index contributed by atoms with van der Waals surface area (Å²) in [7, 11) is 0. The zero-order valence-electron chi connectivity index (χ0n) is 9.47. The molecule has 1 heterocycles. The van der Waals surface area contributed by atoms with Crippen molar-refractivity contribution in [1.29, 1.82) is 0 Å². The van der Waals surface area contributed by atoms with Crippen LogP contribution in [0.2, 0.25) is 0 Å². The summed E-state index contributed by atoms with van der Waals surface area (Å²) < 4.78 is 5.16. The van der Waals surface area contributed by atoms with E-state index in [2.05, 4.69) is 16.3 Å². The molecule has 0 radical (unpaired) electrons. The quantitative estimate of drug-likeness (QED) is 0.737. The van der Waals surface area contributed by atoms with Crippen LogP contribution in [0.1, 0.15) is 18.2 Å². The standard InChI is InChI=1S/C13H14N2O/c1-3-16-7-6-11-4-5-13-12(9-11)8-10(2)14-15-13/h4-9H,3H2,1-2H3/b7-6-. The SMILES string of the molecule is CCO/C=C\c1ccc2nnc(C)cc2c1. The van der Waals surface area contributed by atoms with Crippen LogP contribution in [0.25, 0.3) is 17.0 Å². The smallest absolute Gasteiger partial charge is 0.0930 e. The number of aryl methyl sites for hydroxylation is 1. The molecule has 0 unspecified atom stereocenters. The van der Waals surface area contributed by atoms with Gasteiger partial charge in [-0.2, -0.15) is 10.2 Å². The molecule has 2 rings (SSSR count). The largest absolute Gasteiger partial charge is 0.501 e. The number of nitrogens with zero attached hydrogens (tertiary/aromatic N) is 2. The van der Waals surface area contributed by atoms with Gasteiger partial charge in [-0.15, -0.1) is 0 Å². The molecule has 2 aromatic rings. The zero-order chi connectivity index (χ0) is 11.4. The highest BCUT2D eigenvalue weighted by molar-refractivity contribution is 5.80. The van der Waals surface area contributed by atoms with Crippen molar-refractivity contribution in [3.8, 4) is 0 Å². The Bertz CT molecular complexity index is 520. The first-order valence-electron chi connectivity index (χ1n) is 5.32. The van der Waals surface area contributed by atoms with Crippen LogP contribution in [0, 0.1) is 6.92 Å². The van der Waals surface area contributed by atoms with Crippen molar-refractivity contribution in [2.45, 2.75) is 13.8 Å². The fourth-order valence-corrected chi connectivity index (χ4v) is 1.49. The minimum Gasteiger partial charge on any atom is -0.501 e. The van der Waals surface area contributed by atoms with E-state index in [4.69, 9.17) is 4.74 Å². The van der Waals surface area contributed by atoms with E-state index in [0.717, 1.165) is 22.2 Å². The van der Waals surface area contributed by atoms with Gasteiger partial charge in [0.2, 0.25) is 0 Å². The molecule has 0 fully saturated rings. The maximum Gasteiger partial charge on any atom is 0.0930 e. The number of hydrogen-bond donors (Lipinski definition) is 0. The van der Waals surface area contributed by atoms with Gasteiger partial charge >= 0.3 is 0 Å². The Hall–Kier alpha value is -1.90. The van der Waals surface area contributed by atoms with Gasteiger partial charge in [0, 0.05) is 5.39 Å². The molecule has 0 saturated carbocycles. The summed E-state index contributed by atoms with van der Waals surface area (Å²) in [5.74, 6) is 0. The molecule has 0 amide bonds. The van der Waals surface area contributed by atoms with E-state index in [9.17, 15) is 0 Å². The highest BCUT2D eigenvalue weighted by Crippen LogP contribution is 2.14. The Balaban J connectivity index is 2.35. The lowest BCUT2D eigenvalue weighted by Gasteiger charge is -1.99. The molecule has 0 atom stereocenters. The minimum absolute atomic E-state index is 0.689. The maximum atomic E-state index is 5.16. The molecule has 0 aliphatic rings. The predicted molar refractivity (Wildman–Crippen MR) is 64.9 cm³/mol. The molecule has 16 heavy (non-hydrogen) atoms. The van der Waals surface area contributed by atoms with Crippen LogP contribution >= 0.6 is 0 Å². The molecule has 0 spiro atoms. The van der Waals surface area contributed by atoms with E-state index in [1.54, 1.807) is 6.26 Å². The van der Waals surface area contributed by atoms with Crippen molar-refractivity contribution in [2.75, 3.05) is 6.61 Å². The van der Waals surface area contributed by atoms with Crippen LogP contribution in [0.15, 0.2) is 30.5 Å². The van der Waals surface area contributed by atoms with E-state index in [-0.39, 0.29) is 0 Å². The number of ether oxygens (including phenoxy) is 1. The van der Waals surface area contributed by atoms with Gasteiger partial charge in [0.15, 0.2) is 0 Å². The monoisotopic (exact) mass is 214 g/mol. The van der Waals surface area contributed by atoms with Crippen molar-refractivity contribution >= 4 is 17.0 Å². The van der Waals surface area contributed by atoms with Crippen LogP contribution in [-0.2, 0) is 4.74 Å². The summed E-state index contributed by atoms with van der Waals surface area (Å²) in [5, 5.41) is 9.24. The van der Waals surface area contributed by atoms with E-state index >= 15 is 0 Å². The molecule has 0 saturated heterocycles. The second-order valence-electron chi connectivity index (χ2n) is 3.56. The third-order valence-electron chi connectivity index (χ3n) is 2.25. The number of fused-ring (bicyclic) bond motifs is 1. The van der Waals surface area contributed by atoms with Gasteiger partial charge in [0.05, 0.1) is 24.1 Å². The van der Waals surface area contributed by atoms with Crippen molar-refractivity contribution in [2.24, 2.45) is 0 Å². The third-order valence-corrected chi connectivity index (χ3v) is 2.25. The summed E-state index contributed by atoms with van der Waals surface area (Å²) in [6, 6.07) is 8.07. The first-order chi connectivity index (χ1) is 7.79.